The maximum Gasteiger partial charge on any atom is 0.238 e. The van der Waals surface area contributed by atoms with E-state index in [0.29, 0.717) is 24.3 Å². The molecule has 0 spiro atoms. The van der Waals surface area contributed by atoms with Gasteiger partial charge in [0, 0.05) is 12.7 Å². The normalized spacial score (nSPS) is 10.9. The number of rotatable bonds is 5. The minimum atomic E-state index is -3.64. The molecule has 1 aromatic carbocycles. The Morgan fingerprint density at radius 1 is 1.19 bits per heavy atom. The van der Waals surface area contributed by atoms with Gasteiger partial charge in [-0.05, 0) is 36.2 Å². The van der Waals surface area contributed by atoms with Crippen LogP contribution in [0.15, 0.2) is 47.5 Å². The molecule has 0 aliphatic heterocycles. The summed E-state index contributed by atoms with van der Waals surface area (Å²) in [5.41, 5.74) is 1.50. The Morgan fingerprint density at radius 3 is 2.43 bits per heavy atom. The Labute approximate surface area is 123 Å². The van der Waals surface area contributed by atoms with Crippen molar-refractivity contribution in [1.29, 1.82) is 5.26 Å². The number of hydrogen-bond donors (Lipinski definition) is 2. The lowest BCUT2D eigenvalue weighted by Gasteiger charge is -2.06. The van der Waals surface area contributed by atoms with Crippen molar-refractivity contribution in [2.45, 2.75) is 11.3 Å². The molecule has 108 valence electrons. The van der Waals surface area contributed by atoms with Gasteiger partial charge in [0.05, 0.1) is 10.5 Å². The fraction of sp³-hybridized carbons (Fsp3) is 0.143. The van der Waals surface area contributed by atoms with Crippen molar-refractivity contribution in [3.63, 3.8) is 0 Å². The highest BCUT2D eigenvalue weighted by Crippen LogP contribution is 2.10. The summed E-state index contributed by atoms with van der Waals surface area (Å²) >= 11 is 0. The van der Waals surface area contributed by atoms with Crippen molar-refractivity contribution >= 4 is 15.8 Å². The Bertz CT molecular complexity index is 747. The summed E-state index contributed by atoms with van der Waals surface area (Å²) in [5, 5.41) is 16.8. The van der Waals surface area contributed by atoms with Gasteiger partial charge < -0.3 is 5.32 Å². The average molecular weight is 302 g/mol. The van der Waals surface area contributed by atoms with Gasteiger partial charge in [0.25, 0.3) is 0 Å². The van der Waals surface area contributed by atoms with Gasteiger partial charge in [-0.15, -0.1) is 0 Å². The van der Waals surface area contributed by atoms with Gasteiger partial charge in [0.15, 0.2) is 0 Å². The zero-order valence-electron chi connectivity index (χ0n) is 11.2. The number of nitrogens with one attached hydrogen (secondary N) is 1. The molecule has 0 bridgehead atoms. The van der Waals surface area contributed by atoms with E-state index in [1.807, 2.05) is 6.07 Å². The molecule has 0 aliphatic carbocycles. The molecule has 1 aromatic heterocycles. The zero-order valence-corrected chi connectivity index (χ0v) is 12.0. The topological polar surface area (TPSA) is 109 Å². The molecule has 0 fully saturated rings. The predicted molar refractivity (Wildman–Crippen MR) is 79.0 cm³/mol. The van der Waals surface area contributed by atoms with Crippen molar-refractivity contribution in [2.24, 2.45) is 5.14 Å². The molecular weight excluding hydrogens is 288 g/mol. The third kappa shape index (κ3) is 4.27. The monoisotopic (exact) mass is 302 g/mol. The first-order valence-corrected chi connectivity index (χ1v) is 7.75. The van der Waals surface area contributed by atoms with E-state index in [4.69, 9.17) is 10.4 Å². The first kappa shape index (κ1) is 15.0. The molecule has 3 N–H and O–H groups in total. The van der Waals surface area contributed by atoms with E-state index >= 15 is 0 Å². The number of benzene rings is 1. The van der Waals surface area contributed by atoms with Crippen molar-refractivity contribution in [3.8, 4) is 6.07 Å². The summed E-state index contributed by atoms with van der Waals surface area (Å²) in [7, 11) is -3.64. The Kier molecular flexibility index (Phi) is 4.52. The molecule has 1 heterocycles. The molecule has 0 saturated heterocycles. The Hall–Kier alpha value is -2.43. The van der Waals surface area contributed by atoms with Gasteiger partial charge in [-0.25, -0.2) is 18.5 Å². The number of primary sulfonamides is 1. The van der Waals surface area contributed by atoms with E-state index in [-0.39, 0.29) is 4.90 Å². The highest BCUT2D eigenvalue weighted by molar-refractivity contribution is 7.89. The summed E-state index contributed by atoms with van der Waals surface area (Å²) < 4.78 is 22.3. The lowest BCUT2D eigenvalue weighted by Crippen LogP contribution is -2.12. The molecule has 0 unspecified atom stereocenters. The second-order valence-electron chi connectivity index (χ2n) is 4.41. The maximum atomic E-state index is 11.1. The lowest BCUT2D eigenvalue weighted by molar-refractivity contribution is 0.598. The molecule has 2 rings (SSSR count). The zero-order chi connectivity index (χ0) is 15.3. The van der Waals surface area contributed by atoms with Gasteiger partial charge in [-0.2, -0.15) is 5.26 Å². The second-order valence-corrected chi connectivity index (χ2v) is 5.97. The number of nitrogens with zero attached hydrogens (tertiary/aromatic N) is 2. The van der Waals surface area contributed by atoms with Crippen molar-refractivity contribution in [2.75, 3.05) is 11.9 Å². The van der Waals surface area contributed by atoms with Crippen LogP contribution in [0.4, 0.5) is 5.82 Å². The van der Waals surface area contributed by atoms with Crippen LogP contribution in [0, 0.1) is 11.3 Å². The lowest BCUT2D eigenvalue weighted by atomic mass is 10.1. The number of sulfonamides is 1. The summed E-state index contributed by atoms with van der Waals surface area (Å²) in [6, 6.07) is 11.9. The van der Waals surface area contributed by atoms with Crippen LogP contribution >= 0.6 is 0 Å². The quantitative estimate of drug-likeness (QED) is 0.864. The molecule has 7 heteroatoms. The first-order chi connectivity index (χ1) is 9.99. The maximum absolute atomic E-state index is 11.1. The van der Waals surface area contributed by atoms with Crippen LogP contribution in [0.2, 0.25) is 0 Å². The van der Waals surface area contributed by atoms with Crippen LogP contribution in [0.3, 0.4) is 0 Å². The molecule has 21 heavy (non-hydrogen) atoms. The van der Waals surface area contributed by atoms with E-state index in [1.54, 1.807) is 24.3 Å². The number of nitrogens with two attached hydrogens (primary N) is 1. The SMILES string of the molecule is N#Cc1ccc(NCCc2ccc(S(N)(=O)=O)cc2)nc1. The van der Waals surface area contributed by atoms with Gasteiger partial charge in [0.2, 0.25) is 10.0 Å². The Balaban J connectivity index is 1.90. The minimum Gasteiger partial charge on any atom is -0.370 e. The van der Waals surface area contributed by atoms with Gasteiger partial charge >= 0.3 is 0 Å². The largest absolute Gasteiger partial charge is 0.370 e. The second kappa shape index (κ2) is 6.35. The summed E-state index contributed by atoms with van der Waals surface area (Å²) in [4.78, 5) is 4.20. The number of nitriles is 1. The standard InChI is InChI=1S/C14H14N4O2S/c15-9-12-3-6-14(18-10-12)17-8-7-11-1-4-13(5-2-11)21(16,19)20/h1-6,10H,7-8H2,(H,17,18)(H2,16,19,20). The highest BCUT2D eigenvalue weighted by atomic mass is 32.2. The summed E-state index contributed by atoms with van der Waals surface area (Å²) in [6.45, 7) is 0.646. The van der Waals surface area contributed by atoms with Crippen LogP contribution < -0.4 is 10.5 Å². The van der Waals surface area contributed by atoms with Crippen molar-refractivity contribution in [3.05, 3.63) is 53.7 Å². The third-order valence-electron chi connectivity index (χ3n) is 2.86. The predicted octanol–water partition coefficient (Wildman–Crippen LogP) is 1.26. The Morgan fingerprint density at radius 2 is 1.90 bits per heavy atom. The van der Waals surface area contributed by atoms with Crippen molar-refractivity contribution < 1.29 is 8.42 Å². The smallest absolute Gasteiger partial charge is 0.238 e. The molecule has 0 radical (unpaired) electrons. The molecule has 6 nitrogen and oxygen atoms in total. The molecule has 2 aromatic rings. The van der Waals surface area contributed by atoms with Crippen LogP contribution in [0.25, 0.3) is 0 Å². The van der Waals surface area contributed by atoms with Crippen molar-refractivity contribution in [1.82, 2.24) is 4.98 Å². The van der Waals surface area contributed by atoms with Crippen LogP contribution in [-0.4, -0.2) is 19.9 Å². The third-order valence-corrected chi connectivity index (χ3v) is 3.79. The average Bonchev–Trinajstić information content (AvgIpc) is 2.47. The molecular formula is C14H14N4O2S. The van der Waals surface area contributed by atoms with Gasteiger partial charge in [-0.1, -0.05) is 12.1 Å². The van der Waals surface area contributed by atoms with E-state index in [9.17, 15) is 8.42 Å². The summed E-state index contributed by atoms with van der Waals surface area (Å²) in [5.74, 6) is 0.690. The summed E-state index contributed by atoms with van der Waals surface area (Å²) in [6.07, 6.45) is 2.22. The fourth-order valence-corrected chi connectivity index (χ4v) is 2.26. The van der Waals surface area contributed by atoms with Crippen LogP contribution in [0.5, 0.6) is 0 Å². The molecule has 0 saturated carbocycles. The minimum absolute atomic E-state index is 0.105. The van der Waals surface area contributed by atoms with E-state index in [0.717, 1.165) is 5.56 Å². The number of pyridine rings is 1. The number of anilines is 1. The van der Waals surface area contributed by atoms with E-state index < -0.39 is 10.0 Å². The number of aromatic nitrogens is 1. The first-order valence-electron chi connectivity index (χ1n) is 6.21. The van der Waals surface area contributed by atoms with Crippen LogP contribution in [0.1, 0.15) is 11.1 Å². The molecule has 0 atom stereocenters. The van der Waals surface area contributed by atoms with E-state index in [2.05, 4.69) is 10.3 Å². The highest BCUT2D eigenvalue weighted by Gasteiger charge is 2.06. The number of hydrogen-bond acceptors (Lipinski definition) is 5. The molecule has 0 aliphatic rings. The van der Waals surface area contributed by atoms with E-state index in [1.165, 1.54) is 18.3 Å². The van der Waals surface area contributed by atoms with Gasteiger partial charge in [-0.3, -0.25) is 0 Å². The molecule has 0 amide bonds. The van der Waals surface area contributed by atoms with Gasteiger partial charge in [0.1, 0.15) is 11.9 Å². The fourth-order valence-electron chi connectivity index (χ4n) is 1.75. The van der Waals surface area contributed by atoms with Crippen LogP contribution in [-0.2, 0) is 16.4 Å².